The standard InChI is InChI=1S/C30H31N3O5S/c1-3-5-17-32(18-6-4-2)22-11-7-20(8-12-22)26-16-15-24(39-26)19-25-27(30(37)38)31-33(28(25)34)23-13-9-21(10-14-23)29(35)36/h7-16,19H,3-6,17-18H2,1-2H3,(H,35,36)(H,37,38)/b25-19-. The van der Waals surface area contributed by atoms with Gasteiger partial charge in [0.25, 0.3) is 5.91 Å². The summed E-state index contributed by atoms with van der Waals surface area (Å²) in [6.07, 6.45) is 6.15. The molecular formula is C30H31N3O5S. The van der Waals surface area contributed by atoms with Crippen LogP contribution in [0.1, 0.15) is 54.8 Å². The molecule has 0 saturated heterocycles. The molecule has 4 rings (SSSR count). The molecule has 0 radical (unpaired) electrons. The second-order valence-corrected chi connectivity index (χ2v) is 10.3. The fraction of sp³-hybridized carbons (Fsp3) is 0.267. The number of carbonyl (C=O) groups excluding carboxylic acids is 1. The third kappa shape index (κ3) is 6.43. The third-order valence-electron chi connectivity index (χ3n) is 6.43. The van der Waals surface area contributed by atoms with Gasteiger partial charge in [-0.25, -0.2) is 9.59 Å². The molecule has 1 aliphatic heterocycles. The van der Waals surface area contributed by atoms with Gasteiger partial charge < -0.3 is 15.1 Å². The molecule has 2 N–H and O–H groups in total. The Morgan fingerprint density at radius 2 is 1.54 bits per heavy atom. The molecule has 0 spiro atoms. The number of nitrogens with zero attached hydrogens (tertiary/aromatic N) is 3. The van der Waals surface area contributed by atoms with Gasteiger partial charge in [0, 0.05) is 28.5 Å². The summed E-state index contributed by atoms with van der Waals surface area (Å²) in [5.74, 6) is -3.01. The Kier molecular flexibility index (Phi) is 8.93. The Balaban J connectivity index is 1.55. The quantitative estimate of drug-likeness (QED) is 0.255. The number of carboxylic acids is 2. The predicted molar refractivity (Wildman–Crippen MR) is 156 cm³/mol. The van der Waals surface area contributed by atoms with Gasteiger partial charge >= 0.3 is 11.9 Å². The van der Waals surface area contributed by atoms with Gasteiger partial charge in [0.15, 0.2) is 5.71 Å². The second-order valence-electron chi connectivity index (χ2n) is 9.22. The highest BCUT2D eigenvalue weighted by atomic mass is 32.1. The minimum Gasteiger partial charge on any atom is -0.478 e. The number of carbonyl (C=O) groups is 3. The molecule has 9 heteroatoms. The summed E-state index contributed by atoms with van der Waals surface area (Å²) in [6, 6.07) is 17.8. The molecule has 3 aromatic rings. The van der Waals surface area contributed by atoms with Crippen LogP contribution in [0.25, 0.3) is 16.5 Å². The van der Waals surface area contributed by atoms with Crippen LogP contribution in [0.15, 0.2) is 71.3 Å². The summed E-state index contributed by atoms with van der Waals surface area (Å²) in [5, 5.41) is 23.8. The number of rotatable bonds is 12. The lowest BCUT2D eigenvalue weighted by Gasteiger charge is -2.24. The summed E-state index contributed by atoms with van der Waals surface area (Å²) in [7, 11) is 0. The molecule has 0 unspecified atom stereocenters. The highest BCUT2D eigenvalue weighted by molar-refractivity contribution is 7.16. The van der Waals surface area contributed by atoms with E-state index in [-0.39, 0.29) is 22.5 Å². The van der Waals surface area contributed by atoms with E-state index in [2.05, 4.69) is 48.1 Å². The van der Waals surface area contributed by atoms with Crippen molar-refractivity contribution in [3.63, 3.8) is 0 Å². The molecule has 2 heterocycles. The molecule has 1 aliphatic rings. The number of thiophene rings is 1. The lowest BCUT2D eigenvalue weighted by atomic mass is 10.1. The maximum atomic E-state index is 13.1. The van der Waals surface area contributed by atoms with Crippen molar-refractivity contribution in [1.29, 1.82) is 0 Å². The monoisotopic (exact) mass is 545 g/mol. The van der Waals surface area contributed by atoms with Crippen molar-refractivity contribution >= 4 is 52.3 Å². The highest BCUT2D eigenvalue weighted by Crippen LogP contribution is 2.33. The first-order valence-corrected chi connectivity index (χ1v) is 13.8. The molecule has 202 valence electrons. The van der Waals surface area contributed by atoms with Crippen LogP contribution in [0.5, 0.6) is 0 Å². The topological polar surface area (TPSA) is 111 Å². The zero-order chi connectivity index (χ0) is 27.9. The molecule has 39 heavy (non-hydrogen) atoms. The molecular weight excluding hydrogens is 514 g/mol. The van der Waals surface area contributed by atoms with Gasteiger partial charge in [0.2, 0.25) is 0 Å². The van der Waals surface area contributed by atoms with Crippen LogP contribution >= 0.6 is 11.3 Å². The number of hydrogen-bond acceptors (Lipinski definition) is 6. The Bertz CT molecular complexity index is 1400. The van der Waals surface area contributed by atoms with E-state index in [4.69, 9.17) is 5.11 Å². The Morgan fingerprint density at radius 1 is 0.897 bits per heavy atom. The second kappa shape index (κ2) is 12.5. The minimum atomic E-state index is -1.32. The van der Waals surface area contributed by atoms with Crippen LogP contribution < -0.4 is 9.91 Å². The van der Waals surface area contributed by atoms with E-state index in [9.17, 15) is 19.5 Å². The lowest BCUT2D eigenvalue weighted by molar-refractivity contribution is -0.129. The summed E-state index contributed by atoms with van der Waals surface area (Å²) >= 11 is 1.46. The van der Waals surface area contributed by atoms with E-state index in [0.717, 1.165) is 59.1 Å². The first-order valence-electron chi connectivity index (χ1n) is 13.0. The molecule has 0 atom stereocenters. The van der Waals surface area contributed by atoms with Gasteiger partial charge in [-0.15, -0.1) is 11.3 Å². The fourth-order valence-corrected chi connectivity index (χ4v) is 5.21. The van der Waals surface area contributed by atoms with Crippen molar-refractivity contribution in [2.75, 3.05) is 23.0 Å². The fourth-order valence-electron chi connectivity index (χ4n) is 4.26. The molecule has 2 aromatic carbocycles. The maximum absolute atomic E-state index is 13.1. The van der Waals surface area contributed by atoms with E-state index in [1.54, 1.807) is 6.08 Å². The van der Waals surface area contributed by atoms with Gasteiger partial charge in [-0.3, -0.25) is 4.79 Å². The van der Waals surface area contributed by atoms with Crippen LogP contribution in [-0.4, -0.2) is 46.9 Å². The first kappa shape index (κ1) is 27.8. The van der Waals surface area contributed by atoms with Gasteiger partial charge in [-0.2, -0.15) is 10.1 Å². The number of benzene rings is 2. The molecule has 0 fully saturated rings. The normalized spacial score (nSPS) is 14.1. The van der Waals surface area contributed by atoms with Crippen molar-refractivity contribution < 1.29 is 24.6 Å². The van der Waals surface area contributed by atoms with Crippen LogP contribution in [0.3, 0.4) is 0 Å². The zero-order valence-electron chi connectivity index (χ0n) is 22.0. The number of unbranched alkanes of at least 4 members (excludes halogenated alkanes) is 2. The van der Waals surface area contributed by atoms with Crippen LogP contribution in [0.2, 0.25) is 0 Å². The molecule has 0 bridgehead atoms. The number of aromatic carboxylic acids is 1. The summed E-state index contributed by atoms with van der Waals surface area (Å²) in [4.78, 5) is 40.3. The van der Waals surface area contributed by atoms with E-state index < -0.39 is 17.8 Å². The maximum Gasteiger partial charge on any atom is 0.357 e. The average Bonchev–Trinajstić information content (AvgIpc) is 3.54. The molecule has 8 nitrogen and oxygen atoms in total. The van der Waals surface area contributed by atoms with Crippen molar-refractivity contribution in [3.8, 4) is 10.4 Å². The van der Waals surface area contributed by atoms with Crippen LogP contribution in [0.4, 0.5) is 11.4 Å². The van der Waals surface area contributed by atoms with Gasteiger partial charge in [-0.05, 0) is 73.0 Å². The van der Waals surface area contributed by atoms with Crippen molar-refractivity contribution in [2.24, 2.45) is 5.10 Å². The zero-order valence-corrected chi connectivity index (χ0v) is 22.8. The number of amides is 1. The number of aliphatic carboxylic acids is 1. The lowest BCUT2D eigenvalue weighted by Crippen LogP contribution is -2.25. The Hall–Kier alpha value is -4.24. The van der Waals surface area contributed by atoms with Crippen molar-refractivity contribution in [1.82, 2.24) is 0 Å². The third-order valence-corrected chi connectivity index (χ3v) is 7.51. The Morgan fingerprint density at radius 3 is 2.10 bits per heavy atom. The molecule has 0 aliphatic carbocycles. The van der Waals surface area contributed by atoms with E-state index in [0.29, 0.717) is 0 Å². The molecule has 1 aromatic heterocycles. The van der Waals surface area contributed by atoms with E-state index in [1.165, 1.54) is 41.3 Å². The minimum absolute atomic E-state index is 0.0314. The van der Waals surface area contributed by atoms with Gasteiger partial charge in [-0.1, -0.05) is 38.8 Å². The SMILES string of the molecule is CCCCN(CCCC)c1ccc(-c2ccc(/C=C3\C(=O)N(c4ccc(C(=O)O)cc4)N=C3C(=O)O)s2)cc1. The number of hydrazone groups is 1. The summed E-state index contributed by atoms with van der Waals surface area (Å²) in [6.45, 7) is 6.47. The molecule has 1 amide bonds. The van der Waals surface area contributed by atoms with E-state index >= 15 is 0 Å². The number of anilines is 2. The molecule has 0 saturated carbocycles. The van der Waals surface area contributed by atoms with Crippen LogP contribution in [-0.2, 0) is 9.59 Å². The largest absolute Gasteiger partial charge is 0.478 e. The number of carboxylic acid groups (broad SMARTS) is 2. The van der Waals surface area contributed by atoms with Crippen molar-refractivity contribution in [3.05, 3.63) is 76.7 Å². The van der Waals surface area contributed by atoms with Gasteiger partial charge in [0.1, 0.15) is 0 Å². The highest BCUT2D eigenvalue weighted by Gasteiger charge is 2.35. The Labute approximate surface area is 231 Å². The summed E-state index contributed by atoms with van der Waals surface area (Å²) < 4.78 is 0. The van der Waals surface area contributed by atoms with Crippen LogP contribution in [0, 0.1) is 0 Å². The van der Waals surface area contributed by atoms with Crippen molar-refractivity contribution in [2.45, 2.75) is 39.5 Å². The smallest absolute Gasteiger partial charge is 0.357 e. The van der Waals surface area contributed by atoms with Gasteiger partial charge in [0.05, 0.1) is 16.8 Å². The van der Waals surface area contributed by atoms with E-state index in [1.807, 2.05) is 12.1 Å². The first-order chi connectivity index (χ1) is 18.8. The predicted octanol–water partition coefficient (Wildman–Crippen LogP) is 6.39. The summed E-state index contributed by atoms with van der Waals surface area (Å²) in [5.41, 5.74) is 2.19. The average molecular weight is 546 g/mol. The number of hydrogen-bond donors (Lipinski definition) is 2.